The Morgan fingerprint density at radius 2 is 1.92 bits per heavy atom. The summed E-state index contributed by atoms with van der Waals surface area (Å²) in [7, 11) is 0. The Morgan fingerprint density at radius 3 is 2.78 bits per heavy atom. The number of halogens is 1. The minimum Gasteiger partial charge on any atom is -0.457 e. The van der Waals surface area contributed by atoms with Crippen molar-refractivity contribution < 1.29 is 9.13 Å². The molecule has 0 amide bonds. The highest BCUT2D eigenvalue weighted by Crippen LogP contribution is 2.34. The molecule has 0 bridgehead atoms. The molecule has 4 aromatic heterocycles. The molecule has 0 unspecified atom stereocenters. The molecule has 2 N–H and O–H groups in total. The van der Waals surface area contributed by atoms with Gasteiger partial charge in [-0.15, -0.1) is 0 Å². The SMILES string of the molecule is Cc1c(Oc2ccn3ncnc3c2)ccc(Nc2ncnc3cnc(N4C[C@H]5CNC[C@H]5C4)nc23)c1F. The molecule has 2 aliphatic rings. The van der Waals surface area contributed by atoms with E-state index in [0.717, 1.165) is 26.2 Å². The van der Waals surface area contributed by atoms with Gasteiger partial charge in [-0.1, -0.05) is 0 Å². The van der Waals surface area contributed by atoms with Crippen LogP contribution in [0.5, 0.6) is 11.5 Å². The maximum absolute atomic E-state index is 15.5. The van der Waals surface area contributed by atoms with E-state index in [9.17, 15) is 0 Å². The Labute approximate surface area is 210 Å². The van der Waals surface area contributed by atoms with Crippen molar-refractivity contribution in [3.63, 3.8) is 0 Å². The monoisotopic (exact) mass is 498 g/mol. The van der Waals surface area contributed by atoms with Crippen molar-refractivity contribution in [2.45, 2.75) is 6.92 Å². The second-order valence-corrected chi connectivity index (χ2v) is 9.41. The molecule has 11 nitrogen and oxygen atoms in total. The molecule has 0 spiro atoms. The highest BCUT2D eigenvalue weighted by atomic mass is 19.1. The Bertz CT molecular complexity index is 1630. The van der Waals surface area contributed by atoms with Crippen molar-refractivity contribution in [3.8, 4) is 11.5 Å². The van der Waals surface area contributed by atoms with E-state index in [4.69, 9.17) is 9.72 Å². The number of ether oxygens (including phenoxy) is 1. The number of hydrogen-bond donors (Lipinski definition) is 2. The summed E-state index contributed by atoms with van der Waals surface area (Å²) in [6.07, 6.45) is 6.31. The first-order chi connectivity index (χ1) is 18.1. The van der Waals surface area contributed by atoms with Crippen LogP contribution in [0.2, 0.25) is 0 Å². The lowest BCUT2D eigenvalue weighted by Gasteiger charge is -2.18. The highest BCUT2D eigenvalue weighted by molar-refractivity contribution is 5.87. The van der Waals surface area contributed by atoms with Crippen molar-refractivity contribution >= 4 is 34.1 Å². The summed E-state index contributed by atoms with van der Waals surface area (Å²) < 4.78 is 23.0. The molecular formula is C25H23FN10O. The molecule has 2 saturated heterocycles. The molecule has 1 aromatic carbocycles. The lowest BCUT2D eigenvalue weighted by atomic mass is 10.0. The van der Waals surface area contributed by atoms with Crippen LogP contribution in [0.15, 0.2) is 49.3 Å². The molecular weight excluding hydrogens is 475 g/mol. The quantitative estimate of drug-likeness (QED) is 0.374. The lowest BCUT2D eigenvalue weighted by Crippen LogP contribution is -2.27. The summed E-state index contributed by atoms with van der Waals surface area (Å²) in [6, 6.07) is 6.83. The number of nitrogens with one attached hydrogen (secondary N) is 2. The number of anilines is 3. The zero-order chi connectivity index (χ0) is 24.9. The van der Waals surface area contributed by atoms with Crippen LogP contribution in [0.25, 0.3) is 16.7 Å². The van der Waals surface area contributed by atoms with Gasteiger partial charge in [0.2, 0.25) is 5.95 Å². The second kappa shape index (κ2) is 8.59. The van der Waals surface area contributed by atoms with E-state index in [2.05, 4.69) is 40.6 Å². The summed E-state index contributed by atoms with van der Waals surface area (Å²) in [5, 5.41) is 10.6. The van der Waals surface area contributed by atoms with Gasteiger partial charge in [0.1, 0.15) is 35.2 Å². The molecule has 2 fully saturated rings. The number of aromatic nitrogens is 7. The van der Waals surface area contributed by atoms with Crippen LogP contribution in [0, 0.1) is 24.6 Å². The number of pyridine rings is 1. The third kappa shape index (κ3) is 3.85. The normalized spacial score (nSPS) is 19.0. The zero-order valence-corrected chi connectivity index (χ0v) is 20.0. The third-order valence-corrected chi connectivity index (χ3v) is 7.11. The Balaban J connectivity index is 1.16. The fraction of sp³-hybridized carbons (Fsp3) is 0.280. The Hall–Kier alpha value is -4.45. The molecule has 7 rings (SSSR count). The molecule has 0 saturated carbocycles. The molecule has 12 heteroatoms. The van der Waals surface area contributed by atoms with Gasteiger partial charge < -0.3 is 20.3 Å². The standard InChI is InChI=1S/C25H23FN10O/c1-14-20(37-17-4-5-36-21(6-17)30-13-32-36)3-2-18(22(14)26)33-24-23-19(29-12-31-24)9-28-25(34-23)35-10-15-7-27-8-16(15)11-35/h2-6,9,12-13,15-16,27H,7-8,10-11H2,1H3,(H,29,31,33)/t15-,16+. The van der Waals surface area contributed by atoms with Crippen molar-refractivity contribution in [1.82, 2.24) is 39.9 Å². The summed E-state index contributed by atoms with van der Waals surface area (Å²) in [6.45, 7) is 5.55. The van der Waals surface area contributed by atoms with Gasteiger partial charge in [0.15, 0.2) is 17.3 Å². The van der Waals surface area contributed by atoms with Crippen molar-refractivity contribution in [1.29, 1.82) is 0 Å². The fourth-order valence-electron chi connectivity index (χ4n) is 5.10. The predicted octanol–water partition coefficient (Wildman–Crippen LogP) is 3.10. The first kappa shape index (κ1) is 21.8. The summed E-state index contributed by atoms with van der Waals surface area (Å²) in [4.78, 5) is 24.3. The number of hydrogen-bond acceptors (Lipinski definition) is 10. The molecule has 0 radical (unpaired) electrons. The van der Waals surface area contributed by atoms with Gasteiger partial charge in [-0.3, -0.25) is 0 Å². The molecule has 5 aromatic rings. The van der Waals surface area contributed by atoms with Gasteiger partial charge >= 0.3 is 0 Å². The van der Waals surface area contributed by atoms with Crippen LogP contribution < -0.4 is 20.3 Å². The van der Waals surface area contributed by atoms with Crippen LogP contribution in [0.4, 0.5) is 21.8 Å². The number of fused-ring (bicyclic) bond motifs is 3. The van der Waals surface area contributed by atoms with Gasteiger partial charge in [0.05, 0.1) is 11.9 Å². The van der Waals surface area contributed by atoms with E-state index in [1.165, 1.54) is 12.7 Å². The Morgan fingerprint density at radius 1 is 1.05 bits per heavy atom. The largest absolute Gasteiger partial charge is 0.457 e. The predicted molar refractivity (Wildman–Crippen MR) is 135 cm³/mol. The molecule has 0 aliphatic carbocycles. The molecule has 186 valence electrons. The lowest BCUT2D eigenvalue weighted by molar-refractivity contribution is 0.471. The van der Waals surface area contributed by atoms with Crippen LogP contribution in [0.1, 0.15) is 5.56 Å². The third-order valence-electron chi connectivity index (χ3n) is 7.11. The van der Waals surface area contributed by atoms with E-state index in [0.29, 0.717) is 57.3 Å². The first-order valence-corrected chi connectivity index (χ1v) is 12.1. The molecule has 2 atom stereocenters. The summed E-state index contributed by atoms with van der Waals surface area (Å²) in [5.74, 6) is 2.78. The Kier molecular flexibility index (Phi) is 5.06. The second-order valence-electron chi connectivity index (χ2n) is 9.41. The van der Waals surface area contributed by atoms with Gasteiger partial charge in [-0.05, 0) is 37.0 Å². The fourth-order valence-corrected chi connectivity index (χ4v) is 5.10. The molecule has 6 heterocycles. The van der Waals surface area contributed by atoms with Gasteiger partial charge in [0.25, 0.3) is 0 Å². The number of rotatable bonds is 5. The smallest absolute Gasteiger partial charge is 0.226 e. The van der Waals surface area contributed by atoms with Gasteiger partial charge in [-0.2, -0.15) is 5.10 Å². The summed E-state index contributed by atoms with van der Waals surface area (Å²) in [5.41, 5.74) is 2.39. The van der Waals surface area contributed by atoms with Gasteiger partial charge in [-0.25, -0.2) is 33.8 Å². The number of benzene rings is 1. The van der Waals surface area contributed by atoms with E-state index in [-0.39, 0.29) is 5.69 Å². The minimum atomic E-state index is -0.443. The molecule has 37 heavy (non-hydrogen) atoms. The van der Waals surface area contributed by atoms with Crippen LogP contribution in [0.3, 0.4) is 0 Å². The van der Waals surface area contributed by atoms with Crippen LogP contribution >= 0.6 is 0 Å². The minimum absolute atomic E-state index is 0.264. The van der Waals surface area contributed by atoms with Crippen molar-refractivity contribution in [2.75, 3.05) is 36.4 Å². The maximum Gasteiger partial charge on any atom is 0.226 e. The molecule has 2 aliphatic heterocycles. The number of nitrogens with zero attached hydrogens (tertiary/aromatic N) is 8. The van der Waals surface area contributed by atoms with E-state index >= 15 is 4.39 Å². The van der Waals surface area contributed by atoms with Crippen LogP contribution in [-0.4, -0.2) is 60.7 Å². The first-order valence-electron chi connectivity index (χ1n) is 12.1. The average molecular weight is 499 g/mol. The van der Waals surface area contributed by atoms with E-state index in [1.54, 1.807) is 48.1 Å². The van der Waals surface area contributed by atoms with Crippen molar-refractivity contribution in [3.05, 3.63) is 60.7 Å². The zero-order valence-electron chi connectivity index (χ0n) is 20.0. The summed E-state index contributed by atoms with van der Waals surface area (Å²) >= 11 is 0. The van der Waals surface area contributed by atoms with Gasteiger partial charge in [0, 0.05) is 44.0 Å². The van der Waals surface area contributed by atoms with E-state index in [1.807, 2.05) is 0 Å². The van der Waals surface area contributed by atoms with Crippen molar-refractivity contribution in [2.24, 2.45) is 11.8 Å². The van der Waals surface area contributed by atoms with E-state index < -0.39 is 5.82 Å². The van der Waals surface area contributed by atoms with Crippen LogP contribution in [-0.2, 0) is 0 Å². The topological polar surface area (TPSA) is 118 Å². The highest BCUT2D eigenvalue weighted by Gasteiger charge is 2.37. The maximum atomic E-state index is 15.5. The average Bonchev–Trinajstić information content (AvgIpc) is 3.65.